The van der Waals surface area contributed by atoms with Crippen molar-refractivity contribution in [2.24, 2.45) is 0 Å². The minimum Gasteiger partial charge on any atom is -0.493 e. The number of methoxy groups -OCH3 is 2. The number of hydrogen-bond donors (Lipinski definition) is 1. The quantitative estimate of drug-likeness (QED) is 0.567. The SMILES string of the molecule is COc1cc(Br)c(CCNC(=O)c2csc(-c3cccs3)n2)cc1OC. The average Bonchev–Trinajstić information content (AvgIpc) is 3.33. The van der Waals surface area contributed by atoms with Gasteiger partial charge >= 0.3 is 0 Å². The third-order valence-electron chi connectivity index (χ3n) is 3.70. The number of carbonyl (C=O) groups is 1. The maximum atomic E-state index is 12.3. The third-order valence-corrected chi connectivity index (χ3v) is 6.32. The van der Waals surface area contributed by atoms with Crippen LogP contribution in [-0.2, 0) is 6.42 Å². The molecule has 136 valence electrons. The van der Waals surface area contributed by atoms with E-state index in [0.717, 1.165) is 19.9 Å². The van der Waals surface area contributed by atoms with Crippen molar-refractivity contribution < 1.29 is 14.3 Å². The third kappa shape index (κ3) is 4.25. The van der Waals surface area contributed by atoms with Crippen LogP contribution in [0.3, 0.4) is 0 Å². The molecule has 5 nitrogen and oxygen atoms in total. The summed E-state index contributed by atoms with van der Waals surface area (Å²) in [6.07, 6.45) is 0.661. The number of thiophene rings is 1. The van der Waals surface area contributed by atoms with Crippen LogP contribution in [0.4, 0.5) is 0 Å². The zero-order chi connectivity index (χ0) is 18.5. The Morgan fingerprint density at radius 3 is 2.69 bits per heavy atom. The number of amides is 1. The Hall–Kier alpha value is -1.90. The Balaban J connectivity index is 1.60. The molecule has 3 aromatic rings. The second kappa shape index (κ2) is 8.66. The molecule has 0 saturated carbocycles. The van der Waals surface area contributed by atoms with Crippen molar-refractivity contribution >= 4 is 44.5 Å². The van der Waals surface area contributed by atoms with E-state index in [0.29, 0.717) is 30.2 Å². The van der Waals surface area contributed by atoms with Gasteiger partial charge in [0.05, 0.1) is 19.1 Å². The first-order valence-corrected chi connectivity index (χ1v) is 10.4. The van der Waals surface area contributed by atoms with Crippen LogP contribution in [0.5, 0.6) is 11.5 Å². The average molecular weight is 453 g/mol. The molecule has 26 heavy (non-hydrogen) atoms. The lowest BCUT2D eigenvalue weighted by Crippen LogP contribution is -2.26. The summed E-state index contributed by atoms with van der Waals surface area (Å²) in [7, 11) is 3.20. The Labute approximate surface area is 168 Å². The van der Waals surface area contributed by atoms with Gasteiger partial charge in [-0.2, -0.15) is 0 Å². The first-order valence-electron chi connectivity index (χ1n) is 7.80. The molecule has 0 saturated heterocycles. The number of aromatic nitrogens is 1. The summed E-state index contributed by atoms with van der Waals surface area (Å²) in [5.74, 6) is 1.16. The molecular formula is C18H17BrN2O3S2. The summed E-state index contributed by atoms with van der Waals surface area (Å²) in [6.45, 7) is 0.499. The van der Waals surface area contributed by atoms with Crippen LogP contribution in [-0.4, -0.2) is 31.7 Å². The minimum absolute atomic E-state index is 0.166. The molecule has 0 unspecified atom stereocenters. The molecule has 1 aromatic carbocycles. The van der Waals surface area contributed by atoms with Crippen molar-refractivity contribution in [2.75, 3.05) is 20.8 Å². The Morgan fingerprint density at radius 1 is 1.23 bits per heavy atom. The smallest absolute Gasteiger partial charge is 0.270 e. The predicted molar refractivity (Wildman–Crippen MR) is 109 cm³/mol. The van der Waals surface area contributed by atoms with Gasteiger partial charge in [0, 0.05) is 16.4 Å². The van der Waals surface area contributed by atoms with Crippen LogP contribution in [0, 0.1) is 0 Å². The Morgan fingerprint density at radius 2 is 2.00 bits per heavy atom. The number of benzene rings is 1. The van der Waals surface area contributed by atoms with Crippen LogP contribution in [0.1, 0.15) is 16.1 Å². The van der Waals surface area contributed by atoms with Gasteiger partial charge in [-0.1, -0.05) is 22.0 Å². The van der Waals surface area contributed by atoms with Gasteiger partial charge in [0.15, 0.2) is 11.5 Å². The molecule has 1 amide bonds. The largest absolute Gasteiger partial charge is 0.493 e. The van der Waals surface area contributed by atoms with E-state index in [-0.39, 0.29) is 5.91 Å². The van der Waals surface area contributed by atoms with Crippen molar-refractivity contribution in [3.63, 3.8) is 0 Å². The van der Waals surface area contributed by atoms with E-state index in [2.05, 4.69) is 26.2 Å². The fraction of sp³-hybridized carbons (Fsp3) is 0.222. The van der Waals surface area contributed by atoms with E-state index < -0.39 is 0 Å². The van der Waals surface area contributed by atoms with Gasteiger partial charge in [-0.25, -0.2) is 4.98 Å². The van der Waals surface area contributed by atoms with Crippen LogP contribution in [0.15, 0.2) is 39.5 Å². The Kier molecular flexibility index (Phi) is 6.29. The Bertz CT molecular complexity index is 894. The lowest BCUT2D eigenvalue weighted by atomic mass is 10.1. The van der Waals surface area contributed by atoms with Crippen molar-refractivity contribution in [3.05, 3.63) is 50.8 Å². The molecule has 8 heteroatoms. The highest BCUT2D eigenvalue weighted by Crippen LogP contribution is 2.33. The van der Waals surface area contributed by atoms with Crippen LogP contribution < -0.4 is 14.8 Å². The molecule has 0 aliphatic heterocycles. The highest BCUT2D eigenvalue weighted by molar-refractivity contribution is 9.10. The van der Waals surface area contributed by atoms with Gasteiger partial charge in [-0.3, -0.25) is 4.79 Å². The summed E-state index contributed by atoms with van der Waals surface area (Å²) < 4.78 is 11.5. The van der Waals surface area contributed by atoms with Crippen LogP contribution in [0.2, 0.25) is 0 Å². The zero-order valence-corrected chi connectivity index (χ0v) is 17.5. The maximum absolute atomic E-state index is 12.3. The van der Waals surface area contributed by atoms with E-state index >= 15 is 0 Å². The van der Waals surface area contributed by atoms with Crippen LogP contribution in [0.25, 0.3) is 9.88 Å². The molecule has 0 fully saturated rings. The first kappa shape index (κ1) is 18.9. The van der Waals surface area contributed by atoms with Gasteiger partial charge in [0.25, 0.3) is 5.91 Å². The van der Waals surface area contributed by atoms with E-state index in [4.69, 9.17) is 9.47 Å². The van der Waals surface area contributed by atoms with Gasteiger partial charge in [0.2, 0.25) is 0 Å². The number of nitrogens with zero attached hydrogens (tertiary/aromatic N) is 1. The van der Waals surface area contributed by atoms with Gasteiger partial charge < -0.3 is 14.8 Å². The number of hydrogen-bond acceptors (Lipinski definition) is 6. The molecular weight excluding hydrogens is 436 g/mol. The number of carbonyl (C=O) groups excluding carboxylic acids is 1. The van der Waals surface area contributed by atoms with E-state index in [1.54, 1.807) is 30.9 Å². The summed E-state index contributed by atoms with van der Waals surface area (Å²) >= 11 is 6.62. The summed E-state index contributed by atoms with van der Waals surface area (Å²) in [5.41, 5.74) is 1.48. The number of ether oxygens (including phenoxy) is 2. The van der Waals surface area contributed by atoms with Gasteiger partial charge in [-0.15, -0.1) is 22.7 Å². The zero-order valence-electron chi connectivity index (χ0n) is 14.2. The maximum Gasteiger partial charge on any atom is 0.270 e. The van der Waals surface area contributed by atoms with Gasteiger partial charge in [0.1, 0.15) is 10.7 Å². The number of nitrogens with one attached hydrogen (secondary N) is 1. The van der Waals surface area contributed by atoms with E-state index in [1.807, 2.05) is 29.6 Å². The molecule has 3 rings (SSSR count). The predicted octanol–water partition coefficient (Wildman–Crippen LogP) is 4.62. The van der Waals surface area contributed by atoms with Gasteiger partial charge in [-0.05, 0) is 35.6 Å². The highest BCUT2D eigenvalue weighted by Gasteiger charge is 2.13. The molecule has 1 N–H and O–H groups in total. The topological polar surface area (TPSA) is 60.5 Å². The normalized spacial score (nSPS) is 10.6. The summed E-state index contributed by atoms with van der Waals surface area (Å²) in [4.78, 5) is 17.8. The van der Waals surface area contributed by atoms with Crippen molar-refractivity contribution in [1.29, 1.82) is 0 Å². The number of thiazole rings is 1. The monoisotopic (exact) mass is 452 g/mol. The standard InChI is InChI=1S/C18H17BrN2O3S2/c1-23-14-8-11(12(19)9-15(14)24-2)5-6-20-17(22)13-10-26-18(21-13)16-4-3-7-25-16/h3-4,7-10H,5-6H2,1-2H3,(H,20,22). The second-order valence-electron chi connectivity index (χ2n) is 5.32. The fourth-order valence-corrected chi connectivity index (χ4v) is 4.52. The first-order chi connectivity index (χ1) is 12.6. The molecule has 2 heterocycles. The lowest BCUT2D eigenvalue weighted by molar-refractivity contribution is 0.0950. The van der Waals surface area contributed by atoms with E-state index in [9.17, 15) is 4.79 Å². The molecule has 0 atom stereocenters. The molecule has 0 aliphatic rings. The van der Waals surface area contributed by atoms with Crippen molar-refractivity contribution in [3.8, 4) is 21.4 Å². The lowest BCUT2D eigenvalue weighted by Gasteiger charge is -2.12. The molecule has 2 aromatic heterocycles. The summed E-state index contributed by atoms with van der Waals surface area (Å²) in [6, 6.07) is 7.75. The summed E-state index contributed by atoms with van der Waals surface area (Å²) in [5, 5.41) is 7.57. The van der Waals surface area contributed by atoms with Crippen LogP contribution >= 0.6 is 38.6 Å². The molecule has 0 aliphatic carbocycles. The second-order valence-corrected chi connectivity index (χ2v) is 7.98. The highest BCUT2D eigenvalue weighted by atomic mass is 79.9. The fourth-order valence-electron chi connectivity index (χ4n) is 2.38. The minimum atomic E-state index is -0.166. The number of halogens is 1. The molecule has 0 spiro atoms. The molecule has 0 radical (unpaired) electrons. The van der Waals surface area contributed by atoms with Crippen molar-refractivity contribution in [2.45, 2.75) is 6.42 Å². The molecule has 0 bridgehead atoms. The van der Waals surface area contributed by atoms with E-state index in [1.165, 1.54) is 11.3 Å². The number of rotatable bonds is 7. The van der Waals surface area contributed by atoms with Crippen molar-refractivity contribution in [1.82, 2.24) is 10.3 Å².